The molecule has 0 aliphatic heterocycles. The smallest absolute Gasteiger partial charge is 0.248 e. The minimum Gasteiger partial charge on any atom is -0.351 e. The highest BCUT2D eigenvalue weighted by atomic mass is 32.1. The number of hydrogen-bond acceptors (Lipinski definition) is 5. The van der Waals surface area contributed by atoms with Crippen LogP contribution in [0.3, 0.4) is 0 Å². The third kappa shape index (κ3) is 5.88. The van der Waals surface area contributed by atoms with E-state index in [1.165, 1.54) is 18.3 Å². The molecule has 176 valence electrons. The van der Waals surface area contributed by atoms with Gasteiger partial charge in [-0.25, -0.2) is 0 Å². The van der Waals surface area contributed by atoms with E-state index in [-0.39, 0.29) is 30.2 Å². The fourth-order valence-corrected chi connectivity index (χ4v) is 5.00. The van der Waals surface area contributed by atoms with Crippen LogP contribution in [-0.4, -0.2) is 28.7 Å². The van der Waals surface area contributed by atoms with Crippen LogP contribution >= 0.6 is 11.3 Å². The number of nitrogens with zero attached hydrogens (tertiary/aromatic N) is 2. The average Bonchev–Trinajstić information content (AvgIpc) is 3.52. The molecule has 2 heterocycles. The fraction of sp³-hybridized carbons (Fsp3) is 0.308. The first-order chi connectivity index (χ1) is 16.5. The van der Waals surface area contributed by atoms with Crippen LogP contribution in [0.2, 0.25) is 0 Å². The largest absolute Gasteiger partial charge is 0.351 e. The second-order valence-electron chi connectivity index (χ2n) is 8.42. The first kappa shape index (κ1) is 23.6. The topological polar surface area (TPSA) is 91.4 Å². The molecule has 4 rings (SSSR count). The summed E-state index contributed by atoms with van der Waals surface area (Å²) in [6, 6.07) is 13.6. The highest BCUT2D eigenvalue weighted by Gasteiger charge is 2.34. The molecule has 1 aliphatic rings. The zero-order valence-corrected chi connectivity index (χ0v) is 19.9. The van der Waals surface area contributed by atoms with Gasteiger partial charge in [0.15, 0.2) is 0 Å². The molecular weight excluding hydrogens is 448 g/mol. The number of anilines is 2. The van der Waals surface area contributed by atoms with Gasteiger partial charge in [0.25, 0.3) is 0 Å². The van der Waals surface area contributed by atoms with Crippen LogP contribution in [0.1, 0.15) is 49.1 Å². The third-order valence-electron chi connectivity index (χ3n) is 5.87. The second-order valence-corrected chi connectivity index (χ2v) is 9.45. The number of hydrogen-bond donors (Lipinski definition) is 2. The van der Waals surface area contributed by atoms with E-state index in [9.17, 15) is 14.4 Å². The Balaban J connectivity index is 1.72. The maximum absolute atomic E-state index is 13.7. The van der Waals surface area contributed by atoms with Crippen molar-refractivity contribution in [3.63, 3.8) is 0 Å². The Bertz CT molecular complexity index is 1110. The molecule has 7 nitrogen and oxygen atoms in total. The molecule has 0 saturated heterocycles. The summed E-state index contributed by atoms with van der Waals surface area (Å²) in [5.74, 6) is -0.564. The predicted octanol–water partition coefficient (Wildman–Crippen LogP) is 4.48. The van der Waals surface area contributed by atoms with E-state index in [0.29, 0.717) is 16.9 Å². The van der Waals surface area contributed by atoms with Gasteiger partial charge < -0.3 is 10.6 Å². The van der Waals surface area contributed by atoms with Crippen molar-refractivity contribution in [3.05, 3.63) is 76.7 Å². The summed E-state index contributed by atoms with van der Waals surface area (Å²) >= 11 is 1.51. The Morgan fingerprint density at radius 2 is 1.76 bits per heavy atom. The summed E-state index contributed by atoms with van der Waals surface area (Å²) in [5.41, 5.74) is 1.90. The quantitative estimate of drug-likeness (QED) is 0.502. The summed E-state index contributed by atoms with van der Waals surface area (Å²) < 4.78 is 0. The molecule has 3 aromatic rings. The fourth-order valence-electron chi connectivity index (χ4n) is 4.31. The van der Waals surface area contributed by atoms with Crippen molar-refractivity contribution in [1.82, 2.24) is 10.3 Å². The molecule has 2 N–H and O–H groups in total. The van der Waals surface area contributed by atoms with Gasteiger partial charge in [0.2, 0.25) is 17.7 Å². The first-order valence-corrected chi connectivity index (χ1v) is 12.3. The molecule has 34 heavy (non-hydrogen) atoms. The van der Waals surface area contributed by atoms with Crippen LogP contribution in [0.15, 0.2) is 66.3 Å². The lowest BCUT2D eigenvalue weighted by atomic mass is 10.0. The van der Waals surface area contributed by atoms with E-state index < -0.39 is 6.04 Å². The minimum atomic E-state index is -0.845. The number of nitrogens with one attached hydrogen (secondary N) is 2. The Labute approximate surface area is 203 Å². The molecule has 0 spiro atoms. The van der Waals surface area contributed by atoms with E-state index in [2.05, 4.69) is 15.6 Å². The average molecular weight is 477 g/mol. The summed E-state index contributed by atoms with van der Waals surface area (Å²) in [5, 5.41) is 7.84. The van der Waals surface area contributed by atoms with Gasteiger partial charge in [0.1, 0.15) is 6.04 Å². The molecule has 3 amide bonds. The first-order valence-electron chi connectivity index (χ1n) is 11.4. The normalized spacial score (nSPS) is 14.4. The summed E-state index contributed by atoms with van der Waals surface area (Å²) in [7, 11) is 0. The number of carbonyl (C=O) groups excluding carboxylic acids is 3. The number of rotatable bonds is 8. The van der Waals surface area contributed by atoms with Crippen molar-refractivity contribution in [1.29, 1.82) is 0 Å². The van der Waals surface area contributed by atoms with Gasteiger partial charge in [-0.3, -0.25) is 24.3 Å². The van der Waals surface area contributed by atoms with Crippen LogP contribution < -0.4 is 15.5 Å². The van der Waals surface area contributed by atoms with E-state index in [4.69, 9.17) is 0 Å². The number of thiophene rings is 1. The molecular formula is C26H28N4O3S. The number of benzene rings is 1. The van der Waals surface area contributed by atoms with Gasteiger partial charge in [0, 0.05) is 41.6 Å². The van der Waals surface area contributed by atoms with Gasteiger partial charge in [-0.2, -0.15) is 0 Å². The lowest BCUT2D eigenvalue weighted by molar-refractivity contribution is -0.127. The third-order valence-corrected chi connectivity index (χ3v) is 6.75. The Morgan fingerprint density at radius 3 is 2.38 bits per heavy atom. The van der Waals surface area contributed by atoms with Crippen molar-refractivity contribution in [2.45, 2.75) is 51.1 Å². The van der Waals surface area contributed by atoms with E-state index in [1.54, 1.807) is 53.7 Å². The monoisotopic (exact) mass is 476 g/mol. The molecule has 0 unspecified atom stereocenters. The second kappa shape index (κ2) is 11.1. The minimum absolute atomic E-state index is 0.119. The van der Waals surface area contributed by atoms with Crippen LogP contribution in [0.25, 0.3) is 0 Å². The zero-order valence-electron chi connectivity index (χ0n) is 19.1. The summed E-state index contributed by atoms with van der Waals surface area (Å²) in [4.78, 5) is 45.4. The van der Waals surface area contributed by atoms with E-state index in [0.717, 1.165) is 30.6 Å². The molecule has 1 atom stereocenters. The number of aromatic nitrogens is 1. The van der Waals surface area contributed by atoms with Crippen molar-refractivity contribution in [3.8, 4) is 0 Å². The number of pyridine rings is 1. The Hall–Kier alpha value is -3.52. The highest BCUT2D eigenvalue weighted by molar-refractivity contribution is 7.10. The van der Waals surface area contributed by atoms with Crippen LogP contribution in [0.5, 0.6) is 0 Å². The molecule has 1 fully saturated rings. The van der Waals surface area contributed by atoms with Crippen molar-refractivity contribution in [2.24, 2.45) is 0 Å². The van der Waals surface area contributed by atoms with Gasteiger partial charge >= 0.3 is 0 Å². The van der Waals surface area contributed by atoms with E-state index >= 15 is 0 Å². The van der Waals surface area contributed by atoms with Gasteiger partial charge in [-0.1, -0.05) is 18.9 Å². The predicted molar refractivity (Wildman–Crippen MR) is 134 cm³/mol. The van der Waals surface area contributed by atoms with Crippen LogP contribution in [-0.2, 0) is 20.8 Å². The van der Waals surface area contributed by atoms with Crippen molar-refractivity contribution >= 4 is 40.4 Å². The summed E-state index contributed by atoms with van der Waals surface area (Å²) in [6.45, 7) is 1.44. The van der Waals surface area contributed by atoms with Crippen molar-refractivity contribution in [2.75, 3.05) is 10.2 Å². The standard InChI is InChI=1S/C26H28N4O3S/c1-18(31)28-21-8-10-22(11-9-21)30(24(32)17-23-7-4-16-34-23)25(19-12-14-27-15-13-19)26(33)29-20-5-2-3-6-20/h4,7-16,20,25H,2-3,5-6,17H2,1H3,(H,28,31)(H,29,33)/t25-/m1/s1. The summed E-state index contributed by atoms with van der Waals surface area (Å²) in [6.07, 6.45) is 7.53. The van der Waals surface area contributed by atoms with Gasteiger partial charge in [0.05, 0.1) is 6.42 Å². The Morgan fingerprint density at radius 1 is 1.06 bits per heavy atom. The maximum Gasteiger partial charge on any atom is 0.248 e. The van der Waals surface area contributed by atoms with Gasteiger partial charge in [-0.05, 0) is 66.2 Å². The maximum atomic E-state index is 13.7. The van der Waals surface area contributed by atoms with Crippen molar-refractivity contribution < 1.29 is 14.4 Å². The molecule has 8 heteroatoms. The SMILES string of the molecule is CC(=O)Nc1ccc(N(C(=O)Cc2cccs2)[C@@H](C(=O)NC2CCCC2)c2ccncc2)cc1. The number of amides is 3. The molecule has 0 radical (unpaired) electrons. The molecule has 1 saturated carbocycles. The number of carbonyl (C=O) groups is 3. The lowest BCUT2D eigenvalue weighted by Gasteiger charge is -2.32. The van der Waals surface area contributed by atoms with Gasteiger partial charge in [-0.15, -0.1) is 11.3 Å². The Kier molecular flexibility index (Phi) is 7.69. The molecule has 1 aliphatic carbocycles. The zero-order chi connectivity index (χ0) is 23.9. The molecule has 1 aromatic carbocycles. The highest BCUT2D eigenvalue weighted by Crippen LogP contribution is 2.31. The van der Waals surface area contributed by atoms with E-state index in [1.807, 2.05) is 17.5 Å². The lowest BCUT2D eigenvalue weighted by Crippen LogP contribution is -2.46. The van der Waals surface area contributed by atoms with Crippen LogP contribution in [0, 0.1) is 0 Å². The molecule has 2 aromatic heterocycles. The van der Waals surface area contributed by atoms with Crippen LogP contribution in [0.4, 0.5) is 11.4 Å². The molecule has 0 bridgehead atoms.